The van der Waals surface area contributed by atoms with Gasteiger partial charge >= 0.3 is 5.97 Å². The van der Waals surface area contributed by atoms with Crippen LogP contribution < -0.4 is 5.32 Å². The molecule has 10 nitrogen and oxygen atoms in total. The summed E-state index contributed by atoms with van der Waals surface area (Å²) < 4.78 is 4.76. The number of anilines is 1. The van der Waals surface area contributed by atoms with Crippen LogP contribution in [-0.2, 0) is 9.53 Å². The summed E-state index contributed by atoms with van der Waals surface area (Å²) in [5.74, 6) is -1.21. The van der Waals surface area contributed by atoms with Gasteiger partial charge in [-0.25, -0.2) is 4.79 Å². The predicted octanol–water partition coefficient (Wildman–Crippen LogP) is 1.40. The third kappa shape index (κ3) is 4.38. The molecule has 1 atom stereocenters. The molecule has 0 spiro atoms. The van der Waals surface area contributed by atoms with E-state index in [1.165, 1.54) is 7.11 Å². The number of hydrogen-bond acceptors (Lipinski definition) is 7. The van der Waals surface area contributed by atoms with Gasteiger partial charge in [-0.05, 0) is 6.07 Å². The van der Waals surface area contributed by atoms with Crippen molar-refractivity contribution in [3.63, 3.8) is 0 Å². The largest absolute Gasteiger partial charge is 0.480 e. The van der Waals surface area contributed by atoms with Gasteiger partial charge in [0.2, 0.25) is 0 Å². The molecule has 0 aliphatic carbocycles. The summed E-state index contributed by atoms with van der Waals surface area (Å²) in [5.41, 5.74) is -1.11. The number of rotatable bonds is 8. The molecule has 0 radical (unpaired) electrons. The third-order valence-electron chi connectivity index (χ3n) is 2.63. The zero-order chi connectivity index (χ0) is 16.0. The summed E-state index contributed by atoms with van der Waals surface area (Å²) in [4.78, 5) is 31.0. The summed E-state index contributed by atoms with van der Waals surface area (Å²) in [6.07, 6.45) is 0.0833. The number of hydrogen-bond donors (Lipinski definition) is 2. The van der Waals surface area contributed by atoms with E-state index in [-0.39, 0.29) is 18.7 Å². The van der Waals surface area contributed by atoms with Gasteiger partial charge in [0.1, 0.15) is 11.7 Å². The van der Waals surface area contributed by atoms with Gasteiger partial charge in [-0.1, -0.05) is 0 Å². The Morgan fingerprint density at radius 3 is 2.52 bits per heavy atom. The van der Waals surface area contributed by atoms with Crippen molar-refractivity contribution < 1.29 is 24.5 Å². The number of aliphatic carboxylic acids is 1. The fraction of sp³-hybridized carbons (Fsp3) is 0.364. The van der Waals surface area contributed by atoms with Crippen LogP contribution in [0.1, 0.15) is 6.42 Å². The number of methoxy groups -OCH3 is 1. The zero-order valence-corrected chi connectivity index (χ0v) is 11.0. The van der Waals surface area contributed by atoms with Gasteiger partial charge in [0, 0.05) is 26.2 Å². The maximum Gasteiger partial charge on any atom is 0.326 e. The van der Waals surface area contributed by atoms with Gasteiger partial charge in [0.15, 0.2) is 0 Å². The van der Waals surface area contributed by atoms with Crippen LogP contribution in [0.15, 0.2) is 18.2 Å². The van der Waals surface area contributed by atoms with Gasteiger partial charge in [-0.2, -0.15) is 0 Å². The average Bonchev–Trinajstić information content (AvgIpc) is 2.42. The number of non-ortho nitro benzene ring substituents is 1. The molecule has 0 fully saturated rings. The first-order chi connectivity index (χ1) is 9.86. The number of carboxylic acids is 1. The first-order valence-corrected chi connectivity index (χ1v) is 5.78. The number of nitro groups is 2. The number of benzene rings is 1. The summed E-state index contributed by atoms with van der Waals surface area (Å²) in [7, 11) is 1.40. The highest BCUT2D eigenvalue weighted by atomic mass is 16.6. The molecule has 0 saturated carbocycles. The molecular formula is C11H13N3O7. The molecule has 0 aliphatic rings. The Kier molecular flexibility index (Phi) is 5.55. The highest BCUT2D eigenvalue weighted by Gasteiger charge is 2.24. The fourth-order valence-electron chi connectivity index (χ4n) is 1.59. The van der Waals surface area contributed by atoms with Crippen molar-refractivity contribution in [2.45, 2.75) is 12.5 Å². The Morgan fingerprint density at radius 2 is 2.05 bits per heavy atom. The molecule has 10 heteroatoms. The highest BCUT2D eigenvalue weighted by molar-refractivity contribution is 5.79. The molecule has 0 amide bonds. The van der Waals surface area contributed by atoms with Crippen molar-refractivity contribution in [2.75, 3.05) is 19.0 Å². The van der Waals surface area contributed by atoms with E-state index in [1.807, 2.05) is 0 Å². The minimum absolute atomic E-state index is 0.0833. The van der Waals surface area contributed by atoms with Gasteiger partial charge in [0.05, 0.1) is 15.9 Å². The highest BCUT2D eigenvalue weighted by Crippen LogP contribution is 2.29. The van der Waals surface area contributed by atoms with E-state index >= 15 is 0 Å². The molecule has 2 N–H and O–H groups in total. The summed E-state index contributed by atoms with van der Waals surface area (Å²) in [6, 6.07) is 1.84. The number of carbonyl (C=O) groups is 1. The molecular weight excluding hydrogens is 286 g/mol. The molecule has 0 aromatic heterocycles. The predicted molar refractivity (Wildman–Crippen MR) is 71.3 cm³/mol. The monoisotopic (exact) mass is 299 g/mol. The summed E-state index contributed by atoms with van der Waals surface area (Å²) >= 11 is 0. The van der Waals surface area contributed by atoms with E-state index < -0.39 is 33.2 Å². The van der Waals surface area contributed by atoms with E-state index in [4.69, 9.17) is 9.84 Å². The zero-order valence-electron chi connectivity index (χ0n) is 11.0. The molecule has 0 heterocycles. The Bertz CT molecular complexity index is 561. The summed E-state index contributed by atoms with van der Waals surface area (Å²) in [5, 5.41) is 33.1. The Hall–Kier alpha value is -2.75. The number of carboxylic acid groups (broad SMARTS) is 1. The Labute approximate surface area is 118 Å². The molecule has 21 heavy (non-hydrogen) atoms. The van der Waals surface area contributed by atoms with Crippen molar-refractivity contribution >= 4 is 23.0 Å². The molecule has 0 bridgehead atoms. The topological polar surface area (TPSA) is 145 Å². The van der Waals surface area contributed by atoms with Crippen LogP contribution in [0.2, 0.25) is 0 Å². The number of nitrogens with one attached hydrogen (secondary N) is 1. The van der Waals surface area contributed by atoms with Gasteiger partial charge in [-0.3, -0.25) is 20.2 Å². The van der Waals surface area contributed by atoms with Crippen LogP contribution in [0.25, 0.3) is 0 Å². The van der Waals surface area contributed by atoms with Crippen LogP contribution in [0, 0.1) is 20.2 Å². The second-order valence-electron chi connectivity index (χ2n) is 4.03. The standard InChI is InChI=1S/C11H13N3O7/c1-21-5-4-9(11(15)16)12-8-3-2-7(13(17)18)6-10(8)14(19)20/h2-3,6,9,12H,4-5H2,1H3,(H,15,16). The fourth-order valence-corrected chi connectivity index (χ4v) is 1.59. The van der Waals surface area contributed by atoms with Crippen LogP contribution >= 0.6 is 0 Å². The third-order valence-corrected chi connectivity index (χ3v) is 2.63. The smallest absolute Gasteiger partial charge is 0.326 e. The lowest BCUT2D eigenvalue weighted by molar-refractivity contribution is -0.393. The lowest BCUT2D eigenvalue weighted by Crippen LogP contribution is -2.30. The minimum atomic E-state index is -1.21. The Morgan fingerprint density at radius 1 is 1.38 bits per heavy atom. The average molecular weight is 299 g/mol. The molecule has 1 unspecified atom stereocenters. The molecule has 0 aliphatic heterocycles. The number of ether oxygens (including phenoxy) is 1. The van der Waals surface area contributed by atoms with Crippen molar-refractivity contribution in [3.05, 3.63) is 38.4 Å². The van der Waals surface area contributed by atoms with Crippen LogP contribution in [0.4, 0.5) is 17.1 Å². The number of nitrogens with zero attached hydrogens (tertiary/aromatic N) is 2. The minimum Gasteiger partial charge on any atom is -0.480 e. The van der Waals surface area contributed by atoms with Crippen LogP contribution in [0.5, 0.6) is 0 Å². The molecule has 1 aromatic rings. The quantitative estimate of drug-likeness (QED) is 0.541. The van der Waals surface area contributed by atoms with E-state index in [0.717, 1.165) is 18.2 Å². The second-order valence-corrected chi connectivity index (χ2v) is 4.03. The SMILES string of the molecule is COCCC(Nc1ccc([N+](=O)[O-])cc1[N+](=O)[O-])C(=O)O. The van der Waals surface area contributed by atoms with Gasteiger partial charge in [-0.15, -0.1) is 0 Å². The first kappa shape index (κ1) is 16.3. The van der Waals surface area contributed by atoms with E-state index in [2.05, 4.69) is 5.32 Å². The van der Waals surface area contributed by atoms with Gasteiger partial charge in [0.25, 0.3) is 11.4 Å². The molecule has 0 saturated heterocycles. The van der Waals surface area contributed by atoms with Crippen molar-refractivity contribution in [1.82, 2.24) is 0 Å². The lowest BCUT2D eigenvalue weighted by atomic mass is 10.1. The van der Waals surface area contributed by atoms with Crippen molar-refractivity contribution in [2.24, 2.45) is 0 Å². The van der Waals surface area contributed by atoms with E-state index in [1.54, 1.807) is 0 Å². The second kappa shape index (κ2) is 7.14. The van der Waals surface area contributed by atoms with E-state index in [9.17, 15) is 25.0 Å². The molecule has 1 aromatic carbocycles. The lowest BCUT2D eigenvalue weighted by Gasteiger charge is -2.15. The number of nitro benzene ring substituents is 2. The first-order valence-electron chi connectivity index (χ1n) is 5.78. The Balaban J connectivity index is 3.07. The normalized spacial score (nSPS) is 11.7. The van der Waals surface area contributed by atoms with Crippen LogP contribution in [-0.4, -0.2) is 40.7 Å². The maximum atomic E-state index is 11.1. The van der Waals surface area contributed by atoms with Gasteiger partial charge < -0.3 is 15.2 Å². The van der Waals surface area contributed by atoms with E-state index in [0.29, 0.717) is 0 Å². The van der Waals surface area contributed by atoms with Crippen molar-refractivity contribution in [1.29, 1.82) is 0 Å². The summed E-state index contributed by atoms with van der Waals surface area (Å²) in [6.45, 7) is 0.144. The maximum absolute atomic E-state index is 11.1. The molecule has 114 valence electrons. The van der Waals surface area contributed by atoms with Crippen molar-refractivity contribution in [3.8, 4) is 0 Å². The molecule has 1 rings (SSSR count). The van der Waals surface area contributed by atoms with Crippen LogP contribution in [0.3, 0.4) is 0 Å².